The maximum Gasteiger partial charge on any atom is 0.193 e. The molecule has 0 fully saturated rings. The number of hydrogen-bond acceptors (Lipinski definition) is 2. The third-order valence-corrected chi connectivity index (χ3v) is 3.37. The number of benzene rings is 2. The number of nitrogens with zero attached hydrogens (tertiary/aromatic N) is 1. The van der Waals surface area contributed by atoms with Crippen LogP contribution in [-0.4, -0.2) is 10.8 Å². The molecule has 1 aromatic heterocycles. The lowest BCUT2D eigenvalue weighted by molar-refractivity contribution is 0.104. The standard InChI is InChI=1S/C18H15NO/c1-12-6-5-7-14(10-12)18(20)16-11-13(2)19-17-9-4-3-8-15(16)17/h3-11H,1-2H3. The molecule has 0 aliphatic heterocycles. The van der Waals surface area contributed by atoms with Crippen LogP contribution in [0.25, 0.3) is 10.9 Å². The first-order chi connectivity index (χ1) is 9.65. The van der Waals surface area contributed by atoms with Crippen LogP contribution < -0.4 is 0 Å². The zero-order chi connectivity index (χ0) is 14.1. The lowest BCUT2D eigenvalue weighted by Gasteiger charge is -2.07. The number of aromatic nitrogens is 1. The van der Waals surface area contributed by atoms with E-state index in [4.69, 9.17) is 0 Å². The summed E-state index contributed by atoms with van der Waals surface area (Å²) in [7, 11) is 0. The van der Waals surface area contributed by atoms with Crippen LogP contribution >= 0.6 is 0 Å². The Morgan fingerprint density at radius 2 is 1.75 bits per heavy atom. The van der Waals surface area contributed by atoms with Gasteiger partial charge in [-0.3, -0.25) is 9.78 Å². The van der Waals surface area contributed by atoms with Crippen molar-refractivity contribution in [3.8, 4) is 0 Å². The van der Waals surface area contributed by atoms with Crippen LogP contribution in [0.3, 0.4) is 0 Å². The number of hydrogen-bond donors (Lipinski definition) is 0. The summed E-state index contributed by atoms with van der Waals surface area (Å²) in [4.78, 5) is 17.2. The van der Waals surface area contributed by atoms with Crippen molar-refractivity contribution in [2.45, 2.75) is 13.8 Å². The normalized spacial score (nSPS) is 10.7. The Hall–Kier alpha value is -2.48. The van der Waals surface area contributed by atoms with E-state index in [2.05, 4.69) is 4.98 Å². The summed E-state index contributed by atoms with van der Waals surface area (Å²) in [5.74, 6) is 0.0513. The number of carbonyl (C=O) groups is 1. The molecule has 3 rings (SSSR count). The Balaban J connectivity index is 2.21. The highest BCUT2D eigenvalue weighted by molar-refractivity contribution is 6.16. The molecule has 0 bridgehead atoms. The van der Waals surface area contributed by atoms with Gasteiger partial charge in [-0.2, -0.15) is 0 Å². The van der Waals surface area contributed by atoms with E-state index in [1.165, 1.54) is 0 Å². The van der Waals surface area contributed by atoms with Gasteiger partial charge < -0.3 is 0 Å². The fourth-order valence-corrected chi connectivity index (χ4v) is 2.44. The lowest BCUT2D eigenvalue weighted by atomic mass is 9.98. The van der Waals surface area contributed by atoms with Crippen molar-refractivity contribution in [2.75, 3.05) is 0 Å². The predicted molar refractivity (Wildman–Crippen MR) is 81.1 cm³/mol. The summed E-state index contributed by atoms with van der Waals surface area (Å²) in [5, 5.41) is 0.907. The van der Waals surface area contributed by atoms with Crippen molar-refractivity contribution in [3.63, 3.8) is 0 Å². The quantitative estimate of drug-likeness (QED) is 0.650. The maximum absolute atomic E-state index is 12.7. The van der Waals surface area contributed by atoms with E-state index in [-0.39, 0.29) is 5.78 Å². The Labute approximate surface area is 118 Å². The molecule has 0 spiro atoms. The van der Waals surface area contributed by atoms with Crippen molar-refractivity contribution in [3.05, 3.63) is 77.0 Å². The average Bonchev–Trinajstić information content (AvgIpc) is 2.45. The second-order valence-electron chi connectivity index (χ2n) is 5.03. The minimum absolute atomic E-state index is 0.0513. The first kappa shape index (κ1) is 12.5. The van der Waals surface area contributed by atoms with E-state index in [9.17, 15) is 4.79 Å². The molecule has 0 atom stereocenters. The number of para-hydroxylation sites is 1. The van der Waals surface area contributed by atoms with E-state index in [0.29, 0.717) is 0 Å². The number of carbonyl (C=O) groups excluding carboxylic acids is 1. The van der Waals surface area contributed by atoms with E-state index in [0.717, 1.165) is 33.3 Å². The largest absolute Gasteiger partial charge is 0.289 e. The molecule has 2 nitrogen and oxygen atoms in total. The Morgan fingerprint density at radius 1 is 0.950 bits per heavy atom. The number of ketones is 1. The summed E-state index contributed by atoms with van der Waals surface area (Å²) in [6.07, 6.45) is 0. The van der Waals surface area contributed by atoms with Crippen molar-refractivity contribution in [2.24, 2.45) is 0 Å². The molecule has 0 aliphatic carbocycles. The van der Waals surface area contributed by atoms with Crippen molar-refractivity contribution < 1.29 is 4.79 Å². The SMILES string of the molecule is Cc1cccc(C(=O)c2cc(C)nc3ccccc23)c1. The van der Waals surface area contributed by atoms with Crippen LogP contribution in [0.1, 0.15) is 27.2 Å². The highest BCUT2D eigenvalue weighted by Gasteiger charge is 2.13. The van der Waals surface area contributed by atoms with Gasteiger partial charge in [0.05, 0.1) is 5.52 Å². The van der Waals surface area contributed by atoms with Gasteiger partial charge in [0, 0.05) is 22.2 Å². The molecule has 20 heavy (non-hydrogen) atoms. The minimum Gasteiger partial charge on any atom is -0.289 e. The molecule has 0 aliphatic rings. The number of rotatable bonds is 2. The second kappa shape index (κ2) is 4.89. The average molecular weight is 261 g/mol. The van der Waals surface area contributed by atoms with Crippen molar-refractivity contribution in [1.29, 1.82) is 0 Å². The molecule has 0 unspecified atom stereocenters. The fraction of sp³-hybridized carbons (Fsp3) is 0.111. The van der Waals surface area contributed by atoms with Crippen LogP contribution in [0, 0.1) is 13.8 Å². The summed E-state index contributed by atoms with van der Waals surface area (Å²) < 4.78 is 0. The van der Waals surface area contributed by atoms with Crippen LogP contribution in [0.15, 0.2) is 54.6 Å². The molecule has 0 N–H and O–H groups in total. The van der Waals surface area contributed by atoms with Crippen molar-refractivity contribution in [1.82, 2.24) is 4.98 Å². The molecule has 0 saturated heterocycles. The third-order valence-electron chi connectivity index (χ3n) is 3.37. The fourth-order valence-electron chi connectivity index (χ4n) is 2.44. The Bertz CT molecular complexity index is 805. The first-order valence-corrected chi connectivity index (χ1v) is 6.63. The van der Waals surface area contributed by atoms with Gasteiger partial charge in [0.15, 0.2) is 5.78 Å². The summed E-state index contributed by atoms with van der Waals surface area (Å²) >= 11 is 0. The van der Waals surface area contributed by atoms with Gasteiger partial charge in [0.1, 0.15) is 0 Å². The van der Waals surface area contributed by atoms with Gasteiger partial charge in [-0.1, -0.05) is 42.0 Å². The highest BCUT2D eigenvalue weighted by atomic mass is 16.1. The van der Waals surface area contributed by atoms with Crippen LogP contribution in [0.4, 0.5) is 0 Å². The molecule has 0 radical (unpaired) electrons. The van der Waals surface area contributed by atoms with E-state index in [1.807, 2.05) is 68.4 Å². The van der Waals surface area contributed by atoms with Gasteiger partial charge in [0.2, 0.25) is 0 Å². The molecule has 2 aromatic carbocycles. The summed E-state index contributed by atoms with van der Waals surface area (Å²) in [5.41, 5.74) is 4.26. The summed E-state index contributed by atoms with van der Waals surface area (Å²) in [6.45, 7) is 3.91. The molecule has 0 saturated carbocycles. The summed E-state index contributed by atoms with van der Waals surface area (Å²) in [6, 6.07) is 17.3. The van der Waals surface area contributed by atoms with E-state index >= 15 is 0 Å². The smallest absolute Gasteiger partial charge is 0.193 e. The number of fused-ring (bicyclic) bond motifs is 1. The van der Waals surface area contributed by atoms with Crippen LogP contribution in [0.5, 0.6) is 0 Å². The lowest BCUT2D eigenvalue weighted by Crippen LogP contribution is -2.04. The molecule has 2 heteroatoms. The molecule has 98 valence electrons. The van der Waals surface area contributed by atoms with Gasteiger partial charge >= 0.3 is 0 Å². The maximum atomic E-state index is 12.7. The molecular weight excluding hydrogens is 246 g/mol. The van der Waals surface area contributed by atoms with Crippen LogP contribution in [-0.2, 0) is 0 Å². The van der Waals surface area contributed by atoms with Gasteiger partial charge in [-0.05, 0) is 32.0 Å². The van der Waals surface area contributed by atoms with Gasteiger partial charge in [0.25, 0.3) is 0 Å². The predicted octanol–water partition coefficient (Wildman–Crippen LogP) is 4.08. The molecule has 1 heterocycles. The Morgan fingerprint density at radius 3 is 2.55 bits per heavy atom. The van der Waals surface area contributed by atoms with Crippen LogP contribution in [0.2, 0.25) is 0 Å². The third kappa shape index (κ3) is 2.21. The topological polar surface area (TPSA) is 30.0 Å². The number of pyridine rings is 1. The first-order valence-electron chi connectivity index (χ1n) is 6.63. The highest BCUT2D eigenvalue weighted by Crippen LogP contribution is 2.21. The Kier molecular flexibility index (Phi) is 3.07. The molecule has 0 amide bonds. The van der Waals surface area contributed by atoms with Crippen molar-refractivity contribution >= 4 is 16.7 Å². The second-order valence-corrected chi connectivity index (χ2v) is 5.03. The van der Waals surface area contributed by atoms with E-state index < -0.39 is 0 Å². The zero-order valence-electron chi connectivity index (χ0n) is 11.6. The molecular formula is C18H15NO. The monoisotopic (exact) mass is 261 g/mol. The van der Waals surface area contributed by atoms with Gasteiger partial charge in [-0.15, -0.1) is 0 Å². The number of aryl methyl sites for hydroxylation is 2. The molecule has 3 aromatic rings. The van der Waals surface area contributed by atoms with E-state index in [1.54, 1.807) is 0 Å². The zero-order valence-corrected chi connectivity index (χ0v) is 11.6. The minimum atomic E-state index is 0.0513. The van der Waals surface area contributed by atoms with Gasteiger partial charge in [-0.25, -0.2) is 0 Å².